The van der Waals surface area contributed by atoms with Gasteiger partial charge in [0, 0.05) is 17.6 Å². The summed E-state index contributed by atoms with van der Waals surface area (Å²) in [6.07, 6.45) is 8.18. The minimum absolute atomic E-state index is 0.226. The number of carbonyl (C=O) groups excluding carboxylic acids is 1. The Labute approximate surface area is 127 Å². The molecule has 1 aliphatic carbocycles. The van der Waals surface area contributed by atoms with Gasteiger partial charge in [-0.25, -0.2) is 0 Å². The lowest BCUT2D eigenvalue weighted by Crippen LogP contribution is -2.46. The Morgan fingerprint density at radius 1 is 1.14 bits per heavy atom. The Morgan fingerprint density at radius 2 is 1.90 bits per heavy atom. The molecule has 0 aromatic heterocycles. The number of ether oxygens (including phenoxy) is 1. The summed E-state index contributed by atoms with van der Waals surface area (Å²) < 4.78 is 5.30. The van der Waals surface area contributed by atoms with Gasteiger partial charge in [-0.15, -0.1) is 0 Å². The first-order valence-corrected chi connectivity index (χ1v) is 8.20. The fraction of sp³-hybridized carbons (Fsp3) is 0.611. The Balaban J connectivity index is 1.92. The predicted molar refractivity (Wildman–Crippen MR) is 83.8 cm³/mol. The van der Waals surface area contributed by atoms with Crippen molar-refractivity contribution in [1.29, 1.82) is 0 Å². The molecule has 1 aromatic rings. The molecule has 1 heterocycles. The van der Waals surface area contributed by atoms with E-state index < -0.39 is 0 Å². The van der Waals surface area contributed by atoms with Crippen LogP contribution in [-0.4, -0.2) is 30.0 Å². The third-order valence-electron chi connectivity index (χ3n) is 5.05. The van der Waals surface area contributed by atoms with Gasteiger partial charge < -0.3 is 9.64 Å². The van der Waals surface area contributed by atoms with E-state index >= 15 is 0 Å². The third kappa shape index (κ3) is 2.78. The molecule has 1 aliphatic heterocycles. The number of carbonyl (C=O) groups is 1. The summed E-state index contributed by atoms with van der Waals surface area (Å²) in [7, 11) is 1.68. The van der Waals surface area contributed by atoms with E-state index in [0.29, 0.717) is 12.1 Å². The van der Waals surface area contributed by atoms with Crippen LogP contribution >= 0.6 is 0 Å². The normalized spacial score (nSPS) is 23.6. The van der Waals surface area contributed by atoms with Gasteiger partial charge in [0.1, 0.15) is 5.75 Å². The molecule has 1 amide bonds. The summed E-state index contributed by atoms with van der Waals surface area (Å²) in [6, 6.07) is 6.66. The van der Waals surface area contributed by atoms with Crippen molar-refractivity contribution < 1.29 is 9.53 Å². The molecule has 3 rings (SSSR count). The molecular formula is C18H25NO2. The van der Waals surface area contributed by atoms with Crippen LogP contribution in [0, 0.1) is 0 Å². The average Bonchev–Trinajstić information content (AvgIpc) is 2.65. The van der Waals surface area contributed by atoms with Crippen LogP contribution in [0.3, 0.4) is 0 Å². The second kappa shape index (κ2) is 6.08. The first kappa shape index (κ1) is 14.4. The van der Waals surface area contributed by atoms with Crippen LogP contribution in [0.2, 0.25) is 0 Å². The van der Waals surface area contributed by atoms with Crippen molar-refractivity contribution >= 4 is 5.91 Å². The second-order valence-corrected chi connectivity index (χ2v) is 6.42. The SMILES string of the molecule is COc1ccc2c(c1)CCC(C)N(C1CCCCC1)C2=O. The molecule has 3 nitrogen and oxygen atoms in total. The molecular weight excluding hydrogens is 262 g/mol. The highest BCUT2D eigenvalue weighted by Crippen LogP contribution is 2.31. The maximum absolute atomic E-state index is 13.0. The average molecular weight is 287 g/mol. The minimum Gasteiger partial charge on any atom is -0.497 e. The highest BCUT2D eigenvalue weighted by atomic mass is 16.5. The van der Waals surface area contributed by atoms with Gasteiger partial charge in [0.15, 0.2) is 0 Å². The zero-order chi connectivity index (χ0) is 14.8. The van der Waals surface area contributed by atoms with Crippen molar-refractivity contribution in [2.45, 2.75) is 64.0 Å². The van der Waals surface area contributed by atoms with E-state index in [0.717, 1.165) is 29.7 Å². The Kier molecular flexibility index (Phi) is 4.18. The summed E-state index contributed by atoms with van der Waals surface area (Å²) >= 11 is 0. The molecule has 21 heavy (non-hydrogen) atoms. The van der Waals surface area contributed by atoms with Gasteiger partial charge in [-0.05, 0) is 56.4 Å². The first-order valence-electron chi connectivity index (χ1n) is 8.20. The molecule has 1 atom stereocenters. The van der Waals surface area contributed by atoms with E-state index in [1.165, 1.54) is 32.1 Å². The second-order valence-electron chi connectivity index (χ2n) is 6.42. The lowest BCUT2D eigenvalue weighted by molar-refractivity contribution is 0.0536. The molecule has 1 fully saturated rings. The summed E-state index contributed by atoms with van der Waals surface area (Å²) in [4.78, 5) is 15.2. The molecule has 0 N–H and O–H groups in total. The Hall–Kier alpha value is -1.51. The summed E-state index contributed by atoms with van der Waals surface area (Å²) in [5.74, 6) is 1.07. The van der Waals surface area contributed by atoms with Crippen molar-refractivity contribution in [3.63, 3.8) is 0 Å². The van der Waals surface area contributed by atoms with Crippen molar-refractivity contribution in [2.75, 3.05) is 7.11 Å². The lowest BCUT2D eigenvalue weighted by Gasteiger charge is -2.37. The predicted octanol–water partition coefficient (Wildman–Crippen LogP) is 3.80. The highest BCUT2D eigenvalue weighted by molar-refractivity contribution is 5.96. The van der Waals surface area contributed by atoms with Gasteiger partial charge in [-0.2, -0.15) is 0 Å². The largest absolute Gasteiger partial charge is 0.497 e. The summed E-state index contributed by atoms with van der Waals surface area (Å²) in [6.45, 7) is 2.20. The van der Waals surface area contributed by atoms with Crippen molar-refractivity contribution in [2.24, 2.45) is 0 Å². The smallest absolute Gasteiger partial charge is 0.254 e. The maximum atomic E-state index is 13.0. The first-order chi connectivity index (χ1) is 10.2. The fourth-order valence-corrected chi connectivity index (χ4v) is 3.84. The number of methoxy groups -OCH3 is 1. The van der Waals surface area contributed by atoms with Gasteiger partial charge in [0.05, 0.1) is 7.11 Å². The minimum atomic E-state index is 0.226. The molecule has 3 heteroatoms. The van der Waals surface area contributed by atoms with Crippen LogP contribution in [0.15, 0.2) is 18.2 Å². The number of fused-ring (bicyclic) bond motifs is 1. The van der Waals surface area contributed by atoms with Crippen LogP contribution < -0.4 is 4.74 Å². The van der Waals surface area contributed by atoms with Gasteiger partial charge in [-0.1, -0.05) is 19.3 Å². The Morgan fingerprint density at radius 3 is 2.62 bits per heavy atom. The lowest BCUT2D eigenvalue weighted by atomic mass is 9.92. The Bertz CT molecular complexity index is 520. The van der Waals surface area contributed by atoms with E-state index in [1.807, 2.05) is 18.2 Å². The molecule has 0 radical (unpaired) electrons. The zero-order valence-corrected chi connectivity index (χ0v) is 13.1. The standard InChI is InChI=1S/C18H25NO2/c1-13-8-9-14-12-16(21-2)10-11-17(14)18(20)19(13)15-6-4-3-5-7-15/h10-13,15H,3-9H2,1-2H3. The number of rotatable bonds is 2. The van der Waals surface area contributed by atoms with E-state index in [1.54, 1.807) is 7.11 Å². The quantitative estimate of drug-likeness (QED) is 0.828. The number of benzene rings is 1. The fourth-order valence-electron chi connectivity index (χ4n) is 3.84. The van der Waals surface area contributed by atoms with Crippen LogP contribution in [-0.2, 0) is 6.42 Å². The molecule has 1 saturated carbocycles. The van der Waals surface area contributed by atoms with E-state index in [-0.39, 0.29) is 5.91 Å². The molecule has 114 valence electrons. The van der Waals surface area contributed by atoms with E-state index in [2.05, 4.69) is 11.8 Å². The number of nitrogens with zero attached hydrogens (tertiary/aromatic N) is 1. The topological polar surface area (TPSA) is 29.5 Å². The third-order valence-corrected chi connectivity index (χ3v) is 5.05. The zero-order valence-electron chi connectivity index (χ0n) is 13.1. The van der Waals surface area contributed by atoms with E-state index in [4.69, 9.17) is 4.74 Å². The monoisotopic (exact) mass is 287 g/mol. The van der Waals surface area contributed by atoms with Gasteiger partial charge >= 0.3 is 0 Å². The summed E-state index contributed by atoms with van der Waals surface area (Å²) in [5.41, 5.74) is 2.02. The molecule has 1 unspecified atom stereocenters. The van der Waals surface area contributed by atoms with Crippen molar-refractivity contribution in [3.05, 3.63) is 29.3 Å². The maximum Gasteiger partial charge on any atom is 0.254 e. The highest BCUT2D eigenvalue weighted by Gasteiger charge is 2.33. The molecule has 2 aliphatic rings. The van der Waals surface area contributed by atoms with Crippen LogP contribution in [0.1, 0.15) is 61.4 Å². The van der Waals surface area contributed by atoms with E-state index in [9.17, 15) is 4.79 Å². The number of amides is 1. The van der Waals surface area contributed by atoms with Gasteiger partial charge in [-0.3, -0.25) is 4.79 Å². The van der Waals surface area contributed by atoms with Crippen molar-refractivity contribution in [3.8, 4) is 5.75 Å². The molecule has 0 bridgehead atoms. The van der Waals surface area contributed by atoms with Crippen molar-refractivity contribution in [1.82, 2.24) is 4.90 Å². The van der Waals surface area contributed by atoms with Crippen LogP contribution in [0.25, 0.3) is 0 Å². The number of hydrogen-bond donors (Lipinski definition) is 0. The number of aryl methyl sites for hydroxylation is 1. The molecule has 0 spiro atoms. The number of hydrogen-bond acceptors (Lipinski definition) is 2. The van der Waals surface area contributed by atoms with Crippen LogP contribution in [0.5, 0.6) is 5.75 Å². The van der Waals surface area contributed by atoms with Crippen LogP contribution in [0.4, 0.5) is 0 Å². The molecule has 0 saturated heterocycles. The summed E-state index contributed by atoms with van der Waals surface area (Å²) in [5, 5.41) is 0. The molecule has 1 aromatic carbocycles. The van der Waals surface area contributed by atoms with Gasteiger partial charge in [0.2, 0.25) is 0 Å². The van der Waals surface area contributed by atoms with Gasteiger partial charge in [0.25, 0.3) is 5.91 Å².